The Kier molecular flexibility index (Phi) is 15.4. The molecule has 1 saturated heterocycles. The van der Waals surface area contributed by atoms with Gasteiger partial charge in [-0.3, -0.25) is 28.1 Å². The molecule has 7 atom stereocenters. The van der Waals surface area contributed by atoms with Crippen molar-refractivity contribution in [3.63, 3.8) is 0 Å². The molecule has 1 aliphatic heterocycles. The largest absolute Gasteiger partial charge is 0.790 e. The molecule has 0 bridgehead atoms. The minimum atomic E-state index is -5.92. The average molecular weight is 823 g/mol. The second kappa shape index (κ2) is 18.2. The van der Waals surface area contributed by atoms with Crippen LogP contribution in [-0.2, 0) is 50.7 Å². The molecule has 29 heteroatoms. The summed E-state index contributed by atoms with van der Waals surface area (Å²) in [7, 11) is -17.6. The van der Waals surface area contributed by atoms with E-state index in [1.165, 1.54) is 13.8 Å². The lowest BCUT2D eigenvalue weighted by molar-refractivity contribution is -0.347. The van der Waals surface area contributed by atoms with Crippen molar-refractivity contribution in [2.45, 2.75) is 50.9 Å². The Balaban J connectivity index is 1.54. The van der Waals surface area contributed by atoms with Gasteiger partial charge in [0.2, 0.25) is 16.9 Å². The van der Waals surface area contributed by atoms with Gasteiger partial charge in [0.15, 0.2) is 24.4 Å². The molecule has 3 rings (SSSR count). The zero-order valence-corrected chi connectivity index (χ0v) is 30.5. The molecular weight excluding hydrogens is 789 g/mol. The van der Waals surface area contributed by atoms with Gasteiger partial charge in [-0.25, -0.2) is 23.7 Å². The van der Waals surface area contributed by atoms with Crippen LogP contribution in [0.2, 0.25) is 0 Å². The number of ether oxygens (including phenoxy) is 1. The summed E-state index contributed by atoms with van der Waals surface area (Å²) in [5.74, 6) is -1.56. The number of nitrogen functional groups attached to an aromatic ring is 1. The number of nitrogens with zero attached hydrogens (tertiary/aromatic N) is 4. The molecule has 52 heavy (non-hydrogen) atoms. The number of phosphoric ester groups is 3. The molecule has 1 aliphatic rings. The molecule has 2 aromatic heterocycles. The van der Waals surface area contributed by atoms with Crippen molar-refractivity contribution in [2.75, 3.05) is 44.5 Å². The molecule has 294 valence electrons. The summed E-state index contributed by atoms with van der Waals surface area (Å²) in [5.41, 5.74) is 4.01. The van der Waals surface area contributed by atoms with Crippen LogP contribution in [-0.4, -0.2) is 110 Å². The number of anilines is 1. The standard InChI is InChI=1S/C23H37FN7O17P3S/c1-23(2,18(35)21(36)27-4-3-13(32)26-5-6-52-14(33)7-24)9-45-51(42,43)48-50(40,41)44-8-12-17(47-49(37,38)39)16(34)22(46-12)31-11-30-15-19(25)28-10-29-20(15)31/h10-12,16-18,22,34-35H,3-9H2,1-2H3,(H,26,32)(H,27,36)(H,40,41)(H,42,43)(H2,25,28,29)(H2,37,38,39)/p-4/i24-1. The van der Waals surface area contributed by atoms with E-state index in [1.807, 2.05) is 0 Å². The number of hydrogen-bond acceptors (Lipinski definition) is 22. The fraction of sp³-hybridized carbons (Fsp3) is 0.652. The molecule has 0 radical (unpaired) electrons. The predicted octanol–water partition coefficient (Wildman–Crippen LogP) is -3.89. The highest BCUT2D eigenvalue weighted by Crippen LogP contribution is 2.56. The van der Waals surface area contributed by atoms with Gasteiger partial charge in [0.1, 0.15) is 36.3 Å². The number of aliphatic hydroxyl groups excluding tert-OH is 2. The average Bonchev–Trinajstić information content (AvgIpc) is 3.60. The number of imidazole rings is 1. The third-order valence-electron chi connectivity index (χ3n) is 6.85. The van der Waals surface area contributed by atoms with E-state index in [0.29, 0.717) is 11.8 Å². The first kappa shape index (κ1) is 43.9. The maximum Gasteiger partial charge on any atom is 0.274 e. The van der Waals surface area contributed by atoms with Crippen molar-refractivity contribution < 1.29 is 84.9 Å². The van der Waals surface area contributed by atoms with Gasteiger partial charge < -0.3 is 69.0 Å². The minimum absolute atomic E-state index is 0.0294. The topological polar surface area (TPSA) is 375 Å². The summed E-state index contributed by atoms with van der Waals surface area (Å²) in [5, 5.41) is 25.1. The molecule has 0 aliphatic carbocycles. The van der Waals surface area contributed by atoms with Gasteiger partial charge in [0, 0.05) is 30.7 Å². The van der Waals surface area contributed by atoms with E-state index < -0.39 is 96.3 Å². The second-order valence-electron chi connectivity index (χ2n) is 11.3. The fourth-order valence-electron chi connectivity index (χ4n) is 4.31. The second-order valence-corrected chi connectivity index (χ2v) is 16.6. The van der Waals surface area contributed by atoms with Gasteiger partial charge in [-0.1, -0.05) is 25.6 Å². The highest BCUT2D eigenvalue weighted by molar-refractivity contribution is 8.13. The number of nitrogens with one attached hydrogen (secondary N) is 2. The van der Waals surface area contributed by atoms with Crippen LogP contribution in [0.4, 0.5) is 10.2 Å². The van der Waals surface area contributed by atoms with E-state index in [4.69, 9.17) is 10.5 Å². The lowest BCUT2D eigenvalue weighted by Gasteiger charge is -2.36. The van der Waals surface area contributed by atoms with Gasteiger partial charge in [-0.15, -0.1) is 0 Å². The molecule has 3 heterocycles. The molecule has 0 spiro atoms. The zero-order chi connectivity index (χ0) is 39.1. The van der Waals surface area contributed by atoms with Crippen molar-refractivity contribution in [1.82, 2.24) is 30.2 Å². The van der Waals surface area contributed by atoms with Crippen LogP contribution >= 0.6 is 35.2 Å². The molecular formula is C23H33FN7O17P3S-4. The summed E-state index contributed by atoms with van der Waals surface area (Å²) in [6, 6.07) is 0. The maximum absolute atomic E-state index is 12.4. The van der Waals surface area contributed by atoms with Crippen LogP contribution in [0.5, 0.6) is 0 Å². The Hall–Kier alpha value is -2.51. The quantitative estimate of drug-likeness (QED) is 0.0629. The third kappa shape index (κ3) is 12.8. The van der Waals surface area contributed by atoms with Crippen LogP contribution in [0.25, 0.3) is 11.2 Å². The van der Waals surface area contributed by atoms with Crippen LogP contribution in [0.3, 0.4) is 0 Å². The molecule has 0 aromatic carbocycles. The number of carbonyl (C=O) groups excluding carboxylic acids is 3. The molecule has 6 N–H and O–H groups in total. The highest BCUT2D eigenvalue weighted by atomic mass is 32.2. The van der Waals surface area contributed by atoms with Crippen molar-refractivity contribution in [3.05, 3.63) is 12.7 Å². The van der Waals surface area contributed by atoms with Gasteiger partial charge in [0.25, 0.3) is 15.6 Å². The van der Waals surface area contributed by atoms with Crippen molar-refractivity contribution in [3.8, 4) is 0 Å². The number of halogens is 1. The Labute approximate surface area is 297 Å². The number of hydrogen-bond donors (Lipinski definition) is 5. The van der Waals surface area contributed by atoms with E-state index >= 15 is 0 Å². The Bertz CT molecular complexity index is 1730. The summed E-state index contributed by atoms with van der Waals surface area (Å²) >= 11 is 0.684. The first-order valence-corrected chi connectivity index (χ1v) is 20.0. The van der Waals surface area contributed by atoms with Crippen molar-refractivity contribution >= 4 is 69.1 Å². The molecule has 0 saturated carbocycles. The van der Waals surface area contributed by atoms with Crippen molar-refractivity contribution in [1.29, 1.82) is 0 Å². The minimum Gasteiger partial charge on any atom is -0.790 e. The predicted molar refractivity (Wildman–Crippen MR) is 164 cm³/mol. The van der Waals surface area contributed by atoms with Gasteiger partial charge in [-0.05, 0) is 0 Å². The monoisotopic (exact) mass is 822 g/mol. The molecule has 2 amide bonds. The van der Waals surface area contributed by atoms with E-state index in [9.17, 15) is 62.3 Å². The molecule has 1 fully saturated rings. The molecule has 24 nitrogen and oxygen atoms in total. The first-order valence-electron chi connectivity index (χ1n) is 14.6. The number of aromatic nitrogens is 4. The molecule has 2 aromatic rings. The number of phosphoric acid groups is 3. The third-order valence-corrected chi connectivity index (χ3v) is 10.7. The van der Waals surface area contributed by atoms with Crippen molar-refractivity contribution in [2.24, 2.45) is 5.41 Å². The number of nitrogens with two attached hydrogens (primary N) is 1. The first-order chi connectivity index (χ1) is 24.1. The van der Waals surface area contributed by atoms with E-state index in [0.717, 1.165) is 17.2 Å². The summed E-state index contributed by atoms with van der Waals surface area (Å²) in [4.78, 5) is 94.3. The summed E-state index contributed by atoms with van der Waals surface area (Å²) in [6.45, 7) is -1.34. The smallest absolute Gasteiger partial charge is 0.274 e. The number of rotatable bonds is 20. The number of alkyl halides is 1. The highest BCUT2D eigenvalue weighted by Gasteiger charge is 2.47. The van der Waals surface area contributed by atoms with Crippen LogP contribution in [0.15, 0.2) is 12.7 Å². The van der Waals surface area contributed by atoms with Gasteiger partial charge >= 0.3 is 0 Å². The van der Waals surface area contributed by atoms with Crippen LogP contribution in [0.1, 0.15) is 26.5 Å². The number of aliphatic hydroxyl groups is 2. The van der Waals surface area contributed by atoms with Gasteiger partial charge in [-0.2, -0.15) is 0 Å². The fourth-order valence-corrected chi connectivity index (χ4v) is 7.56. The summed E-state index contributed by atoms with van der Waals surface area (Å²) in [6.07, 6.45) is -7.72. The lowest BCUT2D eigenvalue weighted by Crippen LogP contribution is -2.46. The zero-order valence-electron chi connectivity index (χ0n) is 27.0. The number of carbonyl (C=O) groups is 3. The SMILES string of the molecule is CC(C)(COP(=O)([O-])OP(=O)([O-])OCC1OC(n2cnc3c(N)ncnc32)C(O)C1OP(=O)([O-])[O-])C(O)C(=O)NCCC(=O)NCCSC(=O)C[18F]. The Morgan fingerprint density at radius 1 is 1.12 bits per heavy atom. The van der Waals surface area contributed by atoms with Gasteiger partial charge in [0.05, 0.1) is 27.4 Å². The number of fused-ring (bicyclic) bond motifs is 1. The van der Waals surface area contributed by atoms with Crippen LogP contribution < -0.4 is 35.9 Å². The van der Waals surface area contributed by atoms with E-state index in [1.54, 1.807) is 0 Å². The number of thioether (sulfide) groups is 1. The normalized spacial score (nSPS) is 22.4. The van der Waals surface area contributed by atoms with Crippen LogP contribution in [0, 0.1) is 5.41 Å². The van der Waals surface area contributed by atoms with E-state index in [2.05, 4.69) is 43.5 Å². The Morgan fingerprint density at radius 2 is 1.79 bits per heavy atom. The Morgan fingerprint density at radius 3 is 2.44 bits per heavy atom. The maximum atomic E-state index is 12.4. The number of amides is 2. The lowest BCUT2D eigenvalue weighted by atomic mass is 9.87. The molecule has 7 unspecified atom stereocenters. The van der Waals surface area contributed by atoms with E-state index in [-0.39, 0.29) is 42.2 Å². The summed E-state index contributed by atoms with van der Waals surface area (Å²) < 4.78 is 72.3.